The van der Waals surface area contributed by atoms with Crippen molar-refractivity contribution in [2.45, 2.75) is 6.54 Å². The lowest BCUT2D eigenvalue weighted by Crippen LogP contribution is -2.41. The topological polar surface area (TPSA) is 132 Å². The highest BCUT2D eigenvalue weighted by Crippen LogP contribution is 2.34. The number of fused-ring (bicyclic) bond motifs is 2. The molecule has 10 heteroatoms. The Labute approximate surface area is 191 Å². The van der Waals surface area contributed by atoms with E-state index in [1.54, 1.807) is 24.3 Å². The SMILES string of the molecule is O=C(COC(=O)c1ccc2c(c1Cl)C(=O)c1ccccc1C2=O)NC(=O)NCc1ccco1. The summed E-state index contributed by atoms with van der Waals surface area (Å²) in [6.45, 7) is -0.706. The first-order chi connectivity index (χ1) is 15.9. The fourth-order valence-corrected chi connectivity index (χ4v) is 3.63. The van der Waals surface area contributed by atoms with Crippen LogP contribution in [0.25, 0.3) is 0 Å². The number of imide groups is 1. The van der Waals surface area contributed by atoms with E-state index in [1.165, 1.54) is 30.5 Å². The molecule has 0 aliphatic heterocycles. The summed E-state index contributed by atoms with van der Waals surface area (Å²) < 4.78 is 9.96. The molecular formula is C23H15ClN2O7. The van der Waals surface area contributed by atoms with Crippen molar-refractivity contribution in [2.75, 3.05) is 6.61 Å². The summed E-state index contributed by atoms with van der Waals surface area (Å²) in [5.74, 6) is -2.27. The normalized spacial score (nSPS) is 11.9. The Balaban J connectivity index is 1.41. The standard InChI is InChI=1S/C23H15ClN2O7/c24-19-16(8-7-15-18(19)21(29)14-6-2-1-5-13(14)20(15)28)22(30)33-11-17(27)26-23(31)25-10-12-4-3-9-32-12/h1-9H,10-11H2,(H2,25,26,27,31). The number of amides is 3. The third-order valence-corrected chi connectivity index (χ3v) is 5.23. The summed E-state index contributed by atoms with van der Waals surface area (Å²) in [6.07, 6.45) is 1.44. The van der Waals surface area contributed by atoms with Gasteiger partial charge in [-0.2, -0.15) is 0 Å². The summed E-state index contributed by atoms with van der Waals surface area (Å²) in [4.78, 5) is 61.7. The maximum Gasteiger partial charge on any atom is 0.340 e. The molecule has 4 rings (SSSR count). The second kappa shape index (κ2) is 9.09. The number of carbonyl (C=O) groups is 5. The van der Waals surface area contributed by atoms with E-state index in [1.807, 2.05) is 5.32 Å². The number of furan rings is 1. The number of esters is 1. The van der Waals surface area contributed by atoms with Crippen LogP contribution < -0.4 is 10.6 Å². The lowest BCUT2D eigenvalue weighted by Gasteiger charge is -2.19. The van der Waals surface area contributed by atoms with Gasteiger partial charge in [0.15, 0.2) is 18.2 Å². The molecule has 1 heterocycles. The van der Waals surface area contributed by atoms with Crippen LogP contribution in [0, 0.1) is 0 Å². The molecule has 0 unspecified atom stereocenters. The van der Waals surface area contributed by atoms with Crippen LogP contribution >= 0.6 is 11.6 Å². The van der Waals surface area contributed by atoms with E-state index in [0.29, 0.717) is 5.76 Å². The highest BCUT2D eigenvalue weighted by molar-refractivity contribution is 6.41. The highest BCUT2D eigenvalue weighted by Gasteiger charge is 2.33. The molecule has 0 spiro atoms. The zero-order valence-electron chi connectivity index (χ0n) is 16.8. The third kappa shape index (κ3) is 4.39. The van der Waals surface area contributed by atoms with Gasteiger partial charge in [-0.05, 0) is 24.3 Å². The molecule has 1 aliphatic rings. The molecule has 9 nitrogen and oxygen atoms in total. The average Bonchev–Trinajstić information content (AvgIpc) is 3.33. The molecule has 2 N–H and O–H groups in total. The Morgan fingerprint density at radius 1 is 0.909 bits per heavy atom. The Bertz CT molecular complexity index is 1300. The Morgan fingerprint density at radius 3 is 2.33 bits per heavy atom. The van der Waals surface area contributed by atoms with Gasteiger partial charge in [-0.15, -0.1) is 0 Å². The third-order valence-electron chi connectivity index (χ3n) is 4.84. The Hall–Kier alpha value is -4.24. The van der Waals surface area contributed by atoms with Crippen molar-refractivity contribution in [3.8, 4) is 0 Å². The first-order valence-electron chi connectivity index (χ1n) is 9.65. The van der Waals surface area contributed by atoms with Gasteiger partial charge in [-0.1, -0.05) is 35.9 Å². The zero-order valence-corrected chi connectivity index (χ0v) is 17.6. The van der Waals surface area contributed by atoms with Gasteiger partial charge in [0.2, 0.25) is 0 Å². The first kappa shape index (κ1) is 22.0. The number of nitrogens with one attached hydrogen (secondary N) is 2. The number of hydrogen-bond acceptors (Lipinski definition) is 7. The molecule has 0 fully saturated rings. The number of halogens is 1. The van der Waals surface area contributed by atoms with Gasteiger partial charge in [0.05, 0.1) is 29.0 Å². The monoisotopic (exact) mass is 466 g/mol. The predicted molar refractivity (Wildman–Crippen MR) is 114 cm³/mol. The van der Waals surface area contributed by atoms with Gasteiger partial charge in [0.1, 0.15) is 5.76 Å². The van der Waals surface area contributed by atoms with Crippen molar-refractivity contribution in [3.05, 3.63) is 93.4 Å². The molecule has 0 bridgehead atoms. The van der Waals surface area contributed by atoms with Crippen LogP contribution in [-0.4, -0.2) is 36.1 Å². The van der Waals surface area contributed by atoms with E-state index >= 15 is 0 Å². The number of ketones is 2. The van der Waals surface area contributed by atoms with Crippen LogP contribution in [0.2, 0.25) is 5.02 Å². The molecule has 1 aromatic heterocycles. The van der Waals surface area contributed by atoms with E-state index in [-0.39, 0.29) is 45.2 Å². The molecule has 0 atom stereocenters. The van der Waals surface area contributed by atoms with Crippen molar-refractivity contribution in [2.24, 2.45) is 0 Å². The lowest BCUT2D eigenvalue weighted by molar-refractivity contribution is -0.123. The number of carbonyl (C=O) groups excluding carboxylic acids is 5. The molecule has 3 aromatic rings. The van der Waals surface area contributed by atoms with Crippen molar-refractivity contribution < 1.29 is 33.1 Å². The van der Waals surface area contributed by atoms with E-state index in [0.717, 1.165) is 0 Å². The van der Waals surface area contributed by atoms with Crippen molar-refractivity contribution in [1.82, 2.24) is 10.6 Å². The van der Waals surface area contributed by atoms with Crippen LogP contribution in [0.15, 0.2) is 59.2 Å². The van der Waals surface area contributed by atoms with Crippen molar-refractivity contribution in [1.29, 1.82) is 0 Å². The van der Waals surface area contributed by atoms with Gasteiger partial charge in [-0.3, -0.25) is 19.7 Å². The van der Waals surface area contributed by atoms with E-state index in [4.69, 9.17) is 20.8 Å². The predicted octanol–water partition coefficient (Wildman–Crippen LogP) is 2.89. The number of urea groups is 1. The minimum absolute atomic E-state index is 0.0620. The lowest BCUT2D eigenvalue weighted by atomic mass is 9.83. The van der Waals surface area contributed by atoms with Gasteiger partial charge in [-0.25, -0.2) is 9.59 Å². The van der Waals surface area contributed by atoms with Crippen molar-refractivity contribution >= 4 is 41.1 Å². The summed E-state index contributed by atoms with van der Waals surface area (Å²) in [6, 6.07) is 11.3. The molecule has 0 radical (unpaired) electrons. The number of hydrogen-bond donors (Lipinski definition) is 2. The van der Waals surface area contributed by atoms with E-state index in [9.17, 15) is 24.0 Å². The van der Waals surface area contributed by atoms with Crippen LogP contribution in [0.5, 0.6) is 0 Å². The molecule has 0 saturated heterocycles. The molecule has 1 aliphatic carbocycles. The van der Waals surface area contributed by atoms with Crippen LogP contribution in [0.1, 0.15) is 48.0 Å². The summed E-state index contributed by atoms with van der Waals surface area (Å²) in [7, 11) is 0. The second-order valence-corrected chi connectivity index (χ2v) is 7.32. The average molecular weight is 467 g/mol. The number of benzene rings is 2. The maximum absolute atomic E-state index is 12.9. The van der Waals surface area contributed by atoms with Gasteiger partial charge in [0, 0.05) is 16.7 Å². The highest BCUT2D eigenvalue weighted by atomic mass is 35.5. The van der Waals surface area contributed by atoms with Crippen LogP contribution in [0.4, 0.5) is 4.79 Å². The second-order valence-electron chi connectivity index (χ2n) is 6.94. The first-order valence-corrected chi connectivity index (χ1v) is 10.0. The summed E-state index contributed by atoms with van der Waals surface area (Å²) in [5, 5.41) is 4.15. The van der Waals surface area contributed by atoms with E-state index in [2.05, 4.69) is 5.32 Å². The maximum atomic E-state index is 12.9. The Kier molecular flexibility index (Phi) is 6.05. The fraction of sp³-hybridized carbons (Fsp3) is 0.0870. The summed E-state index contributed by atoms with van der Waals surface area (Å²) in [5.41, 5.74) is 0.222. The minimum Gasteiger partial charge on any atom is -0.467 e. The molecule has 166 valence electrons. The molecule has 3 amide bonds. The number of rotatable bonds is 5. The largest absolute Gasteiger partial charge is 0.467 e. The minimum atomic E-state index is -0.993. The van der Waals surface area contributed by atoms with Gasteiger partial charge in [0.25, 0.3) is 5.91 Å². The Morgan fingerprint density at radius 2 is 1.64 bits per heavy atom. The molecular weight excluding hydrogens is 452 g/mol. The number of ether oxygens (including phenoxy) is 1. The quantitative estimate of drug-likeness (QED) is 0.432. The van der Waals surface area contributed by atoms with Gasteiger partial charge < -0.3 is 14.5 Å². The molecule has 0 saturated carbocycles. The van der Waals surface area contributed by atoms with Crippen LogP contribution in [-0.2, 0) is 16.1 Å². The smallest absolute Gasteiger partial charge is 0.340 e. The van der Waals surface area contributed by atoms with Crippen molar-refractivity contribution in [3.63, 3.8) is 0 Å². The van der Waals surface area contributed by atoms with Crippen LogP contribution in [0.3, 0.4) is 0 Å². The van der Waals surface area contributed by atoms with Gasteiger partial charge >= 0.3 is 12.0 Å². The zero-order chi connectivity index (χ0) is 23.5. The fourth-order valence-electron chi connectivity index (χ4n) is 3.30. The summed E-state index contributed by atoms with van der Waals surface area (Å²) >= 11 is 6.29. The van der Waals surface area contributed by atoms with E-state index < -0.39 is 30.3 Å². The molecule has 2 aromatic carbocycles. The molecule has 33 heavy (non-hydrogen) atoms.